The van der Waals surface area contributed by atoms with Gasteiger partial charge in [-0.1, -0.05) is 255 Å². The molecule has 2 radical (unpaired) electrons. The number of hydrogen-bond acceptors (Lipinski definition) is 0. The number of halogens is 16. The van der Waals surface area contributed by atoms with Crippen LogP contribution >= 0.6 is 255 Å². The monoisotopic (exact) mass is 1360 g/mol. The lowest BCUT2D eigenvalue weighted by molar-refractivity contribution is 0.632. The summed E-state index contributed by atoms with van der Waals surface area (Å²) in [5.74, 6) is 0. The predicted octanol–water partition coefficient (Wildman–Crippen LogP) is 12.5. The van der Waals surface area contributed by atoms with E-state index in [4.69, 9.17) is 0 Å². The Labute approximate surface area is 275 Å². The third-order valence-electron chi connectivity index (χ3n) is 2.45. The third-order valence-corrected chi connectivity index (χ3v) is 33.2. The molecule has 0 heterocycles. The van der Waals surface area contributed by atoms with Crippen LogP contribution in [0.1, 0.15) is 0 Å². The van der Waals surface area contributed by atoms with Gasteiger partial charge in [0.25, 0.3) is 0 Å². The van der Waals surface area contributed by atoms with E-state index in [0.717, 1.165) is 0 Å². The van der Waals surface area contributed by atoms with Gasteiger partial charge in [0, 0.05) is 0 Å². The van der Waals surface area contributed by atoms with E-state index in [2.05, 4.69) is 255 Å². The maximum Gasteiger partial charge on any atom is 0.135 e. The molecule has 0 aliphatic carbocycles. The van der Waals surface area contributed by atoms with Gasteiger partial charge in [0.05, 0.1) is 0 Å². The predicted molar refractivity (Wildman–Crippen MR) is 166 cm³/mol. The molecule has 0 nitrogen and oxygen atoms in total. The Hall–Kier alpha value is 7.68. The molecule has 0 bridgehead atoms. The van der Waals surface area contributed by atoms with Crippen LogP contribution in [0.25, 0.3) is 0 Å². The fourth-order valence-electron chi connectivity index (χ4n) is 1.03. The fraction of sp³-hybridized carbons (Fsp3) is 0.750. The van der Waals surface area contributed by atoms with Crippen molar-refractivity contribution < 1.29 is 0 Å². The SMILES string of the molecule is Br[C](Br)C(Br)(Br)C(Br)(Br)C(Br)(Br)C(Br)(Br)C(Br)(Br)C(Br)(Br)[C](Br)Br. The minimum Gasteiger partial charge on any atom is -0.0675 e. The first-order chi connectivity index (χ1) is 10.1. The highest BCUT2D eigenvalue weighted by Gasteiger charge is 2.74. The van der Waals surface area contributed by atoms with E-state index in [1.54, 1.807) is 0 Å². The average molecular weight is 1370 g/mol. The Kier molecular flexibility index (Phi) is 14.5. The van der Waals surface area contributed by atoms with Crippen molar-refractivity contribution in [2.45, 2.75) is 19.4 Å². The molecule has 0 aromatic carbocycles. The van der Waals surface area contributed by atoms with Crippen molar-refractivity contribution in [2.24, 2.45) is 0 Å². The molecule has 0 unspecified atom stereocenters. The maximum absolute atomic E-state index is 3.78. The molecule has 0 N–H and O–H groups in total. The zero-order valence-electron chi connectivity index (χ0n) is 10.0. The Bertz CT molecular complexity index is 405. The molecule has 0 aliphatic heterocycles. The summed E-state index contributed by atoms with van der Waals surface area (Å²) in [6.07, 6.45) is 0. The van der Waals surface area contributed by atoms with E-state index in [0.29, 0.717) is 7.47 Å². The van der Waals surface area contributed by atoms with E-state index < -0.39 is 19.4 Å². The van der Waals surface area contributed by atoms with E-state index >= 15 is 0 Å². The molecule has 0 rings (SSSR count). The van der Waals surface area contributed by atoms with Gasteiger partial charge in [-0.05, 0) is 0 Å². The zero-order valence-corrected chi connectivity index (χ0v) is 35.4. The van der Waals surface area contributed by atoms with Crippen molar-refractivity contribution in [3.8, 4) is 0 Å². The lowest BCUT2D eigenvalue weighted by Crippen LogP contribution is -2.64. The smallest absolute Gasteiger partial charge is 0.0675 e. The molecule has 0 fully saturated rings. The van der Waals surface area contributed by atoms with Gasteiger partial charge in [-0.2, -0.15) is 0 Å². The highest BCUT2D eigenvalue weighted by Crippen LogP contribution is 2.76. The van der Waals surface area contributed by atoms with E-state index in [9.17, 15) is 0 Å². The molecular formula is C8Br16. The van der Waals surface area contributed by atoms with Gasteiger partial charge in [-0.15, -0.1) is 0 Å². The van der Waals surface area contributed by atoms with Crippen LogP contribution in [-0.4, -0.2) is 19.4 Å². The number of alkyl halides is 12. The van der Waals surface area contributed by atoms with Crippen molar-refractivity contribution in [3.63, 3.8) is 0 Å². The fourth-order valence-corrected chi connectivity index (χ4v) is 14.2. The van der Waals surface area contributed by atoms with Gasteiger partial charge >= 0.3 is 0 Å². The first-order valence-corrected chi connectivity index (χ1v) is 17.5. The zero-order chi connectivity index (χ0) is 20.2. The Morgan fingerprint density at radius 1 is 0.333 bits per heavy atom. The van der Waals surface area contributed by atoms with Crippen molar-refractivity contribution in [1.29, 1.82) is 0 Å². The van der Waals surface area contributed by atoms with Crippen LogP contribution in [0, 0.1) is 7.47 Å². The van der Waals surface area contributed by atoms with Crippen LogP contribution in [0.4, 0.5) is 0 Å². The second-order valence-electron chi connectivity index (χ2n) is 3.97. The highest BCUT2D eigenvalue weighted by atomic mass is 79.9. The quantitative estimate of drug-likeness (QED) is 0.223. The summed E-state index contributed by atoms with van der Waals surface area (Å²) in [5.41, 5.74) is 0. The van der Waals surface area contributed by atoms with Crippen molar-refractivity contribution in [2.75, 3.05) is 0 Å². The minimum atomic E-state index is -0.908. The summed E-state index contributed by atoms with van der Waals surface area (Å²) >= 11 is 58.5. The van der Waals surface area contributed by atoms with Crippen LogP contribution in [0.3, 0.4) is 0 Å². The van der Waals surface area contributed by atoms with Crippen LogP contribution < -0.4 is 0 Å². The van der Waals surface area contributed by atoms with E-state index in [1.165, 1.54) is 0 Å². The summed E-state index contributed by atoms with van der Waals surface area (Å²) in [7, 11) is 0. The molecule has 0 amide bonds. The van der Waals surface area contributed by atoms with Gasteiger partial charge in [0.2, 0.25) is 0 Å². The Morgan fingerprint density at radius 2 is 0.500 bits per heavy atom. The number of hydrogen-bond donors (Lipinski definition) is 0. The third kappa shape index (κ3) is 5.84. The molecule has 0 atom stereocenters. The molecule has 0 saturated carbocycles. The molecular weight excluding hydrogens is 1370 g/mol. The second kappa shape index (κ2) is 11.0. The first-order valence-electron chi connectivity index (χ1n) is 4.77. The largest absolute Gasteiger partial charge is 0.135 e. The van der Waals surface area contributed by atoms with Crippen LogP contribution in [0.15, 0.2) is 0 Å². The topological polar surface area (TPSA) is 0 Å². The Morgan fingerprint density at radius 3 is 0.625 bits per heavy atom. The molecule has 0 saturated heterocycles. The summed E-state index contributed by atoms with van der Waals surface area (Å²) in [6, 6.07) is 0. The summed E-state index contributed by atoms with van der Waals surface area (Å²) in [4.78, 5) is 0. The van der Waals surface area contributed by atoms with Crippen LogP contribution in [0.2, 0.25) is 0 Å². The van der Waals surface area contributed by atoms with Gasteiger partial charge in [-0.3, -0.25) is 0 Å². The number of rotatable bonds is 7. The molecule has 0 aromatic heterocycles. The van der Waals surface area contributed by atoms with E-state index in [1.807, 2.05) is 0 Å². The molecule has 0 aromatic rings. The summed E-state index contributed by atoms with van der Waals surface area (Å²) in [6.45, 7) is 0. The normalized spacial score (nSPS) is 16.2. The molecule has 0 spiro atoms. The lowest BCUT2D eigenvalue weighted by atomic mass is 10.1. The first kappa shape index (κ1) is 31.7. The van der Waals surface area contributed by atoms with Gasteiger partial charge < -0.3 is 0 Å². The Balaban J connectivity index is 6.38. The second-order valence-corrected chi connectivity index (χ2v) is 29.9. The molecule has 0 aliphatic rings. The van der Waals surface area contributed by atoms with Crippen molar-refractivity contribution in [3.05, 3.63) is 7.47 Å². The standard InChI is InChI=1S/C8Br16/c9-1(10)3(13,14)5(17,18)7(21,22)8(23,24)6(19,20)4(15,16)2(11)12. The molecule has 144 valence electrons. The van der Waals surface area contributed by atoms with Crippen molar-refractivity contribution in [1.82, 2.24) is 0 Å². The van der Waals surface area contributed by atoms with Gasteiger partial charge in [0.15, 0.2) is 0 Å². The average Bonchev–Trinajstić information content (AvgIpc) is 2.36. The maximum atomic E-state index is 3.78. The van der Waals surface area contributed by atoms with Crippen molar-refractivity contribution >= 4 is 255 Å². The molecule has 16 heteroatoms. The highest BCUT2D eigenvalue weighted by molar-refractivity contribution is 9.37. The lowest BCUT2D eigenvalue weighted by Gasteiger charge is -2.55. The van der Waals surface area contributed by atoms with Gasteiger partial charge in [0.1, 0.15) is 26.9 Å². The van der Waals surface area contributed by atoms with Gasteiger partial charge in [-0.25, -0.2) is 0 Å². The van der Waals surface area contributed by atoms with Crippen LogP contribution in [0.5, 0.6) is 0 Å². The summed E-state index contributed by atoms with van der Waals surface area (Å²) < 4.78 is -3.68. The summed E-state index contributed by atoms with van der Waals surface area (Å²) in [5, 5.41) is 0. The van der Waals surface area contributed by atoms with Crippen LogP contribution in [-0.2, 0) is 0 Å². The minimum absolute atomic E-state index is 0.710. The molecule has 24 heavy (non-hydrogen) atoms. The van der Waals surface area contributed by atoms with E-state index in [-0.39, 0.29) is 0 Å².